The average molecular weight is 262 g/mol. The zero-order valence-electron chi connectivity index (χ0n) is 11.8. The van der Waals surface area contributed by atoms with Crippen LogP contribution < -0.4 is 16.6 Å². The number of amides is 1. The lowest BCUT2D eigenvalue weighted by Gasteiger charge is -2.39. The summed E-state index contributed by atoms with van der Waals surface area (Å²) in [5.41, 5.74) is 3.94. The van der Waals surface area contributed by atoms with Gasteiger partial charge in [0, 0.05) is 16.8 Å². The predicted octanol–water partition coefficient (Wildman–Crippen LogP) is 2.16. The van der Waals surface area contributed by atoms with E-state index in [1.165, 1.54) is 6.42 Å². The van der Waals surface area contributed by atoms with Gasteiger partial charge in [-0.1, -0.05) is 13.8 Å². The van der Waals surface area contributed by atoms with Gasteiger partial charge in [-0.25, -0.2) is 10.8 Å². The summed E-state index contributed by atoms with van der Waals surface area (Å²) in [5, 5.41) is 3.09. The quantitative estimate of drug-likeness (QED) is 0.574. The molecule has 0 saturated heterocycles. The van der Waals surface area contributed by atoms with Crippen LogP contribution in [0.4, 0.5) is 5.82 Å². The molecule has 104 valence electrons. The van der Waals surface area contributed by atoms with E-state index in [0.29, 0.717) is 11.4 Å². The van der Waals surface area contributed by atoms with Crippen LogP contribution in [0.2, 0.25) is 0 Å². The van der Waals surface area contributed by atoms with Gasteiger partial charge in [-0.15, -0.1) is 0 Å². The van der Waals surface area contributed by atoms with E-state index >= 15 is 0 Å². The molecule has 1 aromatic heterocycles. The number of nitrogens with zero attached hydrogens (tertiary/aromatic N) is 1. The maximum Gasteiger partial charge on any atom is 0.251 e. The van der Waals surface area contributed by atoms with Crippen molar-refractivity contribution in [3.63, 3.8) is 0 Å². The van der Waals surface area contributed by atoms with E-state index in [1.807, 2.05) is 19.9 Å². The molecule has 0 radical (unpaired) electrons. The van der Waals surface area contributed by atoms with Crippen LogP contribution in [0, 0.1) is 0 Å². The lowest BCUT2D eigenvalue weighted by molar-refractivity contribution is 0.0850. The molecule has 0 unspecified atom stereocenters. The summed E-state index contributed by atoms with van der Waals surface area (Å²) in [5.74, 6) is 6.13. The first-order valence-corrected chi connectivity index (χ1v) is 6.75. The van der Waals surface area contributed by atoms with Crippen LogP contribution in [-0.2, 0) is 0 Å². The van der Waals surface area contributed by atoms with Gasteiger partial charge in [-0.05, 0) is 44.2 Å². The van der Waals surface area contributed by atoms with Gasteiger partial charge in [0.2, 0.25) is 0 Å². The molecule has 0 atom stereocenters. The minimum absolute atomic E-state index is 0.0470. The zero-order valence-corrected chi connectivity index (χ0v) is 11.8. The number of aromatic nitrogens is 1. The first-order chi connectivity index (χ1) is 8.93. The minimum atomic E-state index is -0.0528. The van der Waals surface area contributed by atoms with Crippen molar-refractivity contribution in [2.24, 2.45) is 5.84 Å². The Bertz CT molecular complexity index is 480. The summed E-state index contributed by atoms with van der Waals surface area (Å²) in [6.45, 7) is 6.16. The van der Waals surface area contributed by atoms with Crippen LogP contribution in [0.25, 0.3) is 0 Å². The minimum Gasteiger partial charge on any atom is -0.347 e. The Kier molecular flexibility index (Phi) is 3.75. The molecule has 5 heteroatoms. The van der Waals surface area contributed by atoms with Crippen molar-refractivity contribution >= 4 is 11.7 Å². The summed E-state index contributed by atoms with van der Waals surface area (Å²) in [6.07, 6.45) is 3.27. The number of rotatable bonds is 4. The zero-order chi connectivity index (χ0) is 14.0. The lowest BCUT2D eigenvalue weighted by atomic mass is 9.78. The Morgan fingerprint density at radius 2 is 2.11 bits per heavy atom. The molecule has 1 fully saturated rings. The number of anilines is 1. The Hall–Kier alpha value is -1.62. The molecular weight excluding hydrogens is 240 g/mol. The number of nitrogen functional groups attached to an aromatic ring is 1. The first-order valence-electron chi connectivity index (χ1n) is 6.75. The summed E-state index contributed by atoms with van der Waals surface area (Å²) < 4.78 is 0. The maximum absolute atomic E-state index is 12.3. The van der Waals surface area contributed by atoms with Crippen LogP contribution in [0.15, 0.2) is 12.1 Å². The molecule has 1 saturated carbocycles. The number of hydrogen-bond acceptors (Lipinski definition) is 4. The number of nitrogens with two attached hydrogens (primary N) is 1. The third-order valence-electron chi connectivity index (χ3n) is 3.72. The van der Waals surface area contributed by atoms with E-state index in [4.69, 9.17) is 5.84 Å². The van der Waals surface area contributed by atoms with Crippen molar-refractivity contribution in [3.05, 3.63) is 23.4 Å². The molecule has 5 nitrogen and oxygen atoms in total. The van der Waals surface area contributed by atoms with Crippen molar-refractivity contribution in [2.75, 3.05) is 5.43 Å². The van der Waals surface area contributed by atoms with Gasteiger partial charge < -0.3 is 10.7 Å². The van der Waals surface area contributed by atoms with Crippen molar-refractivity contribution < 1.29 is 4.79 Å². The van der Waals surface area contributed by atoms with E-state index < -0.39 is 0 Å². The fourth-order valence-corrected chi connectivity index (χ4v) is 2.23. The third kappa shape index (κ3) is 3.04. The van der Waals surface area contributed by atoms with Crippen molar-refractivity contribution in [1.29, 1.82) is 0 Å². The number of nitrogens with one attached hydrogen (secondary N) is 2. The number of carbonyl (C=O) groups is 1. The highest BCUT2D eigenvalue weighted by Crippen LogP contribution is 2.31. The van der Waals surface area contributed by atoms with Gasteiger partial charge >= 0.3 is 0 Å². The van der Waals surface area contributed by atoms with E-state index in [2.05, 4.69) is 22.7 Å². The Morgan fingerprint density at radius 3 is 2.58 bits per heavy atom. The van der Waals surface area contributed by atoms with E-state index in [-0.39, 0.29) is 17.4 Å². The van der Waals surface area contributed by atoms with Crippen LogP contribution in [0.5, 0.6) is 0 Å². The largest absolute Gasteiger partial charge is 0.347 e. The van der Waals surface area contributed by atoms with Gasteiger partial charge in [-0.3, -0.25) is 4.79 Å². The molecule has 0 spiro atoms. The highest BCUT2D eigenvalue weighted by Gasteiger charge is 2.33. The van der Waals surface area contributed by atoms with Crippen molar-refractivity contribution in [1.82, 2.24) is 10.3 Å². The fraction of sp³-hybridized carbons (Fsp3) is 0.571. The van der Waals surface area contributed by atoms with Gasteiger partial charge in [0.25, 0.3) is 5.91 Å². The van der Waals surface area contributed by atoms with Crippen LogP contribution in [0.3, 0.4) is 0 Å². The van der Waals surface area contributed by atoms with E-state index in [1.54, 1.807) is 6.07 Å². The standard InChI is InChI=1S/C14H22N4O/c1-9(2)11-7-10(8-12(16-11)18-15)13(19)17-14(3)5-4-6-14/h7-9H,4-6,15H2,1-3H3,(H,16,18)(H,17,19). The molecule has 1 heterocycles. The second-order valence-corrected chi connectivity index (χ2v) is 5.83. The maximum atomic E-state index is 12.3. The fourth-order valence-electron chi connectivity index (χ4n) is 2.23. The van der Waals surface area contributed by atoms with Crippen molar-refractivity contribution in [2.45, 2.75) is 51.5 Å². The highest BCUT2D eigenvalue weighted by atomic mass is 16.1. The van der Waals surface area contributed by atoms with E-state index in [9.17, 15) is 4.79 Å². The lowest BCUT2D eigenvalue weighted by Crippen LogP contribution is -2.50. The van der Waals surface area contributed by atoms with Crippen LogP contribution in [0.1, 0.15) is 62.0 Å². The monoisotopic (exact) mass is 262 g/mol. The third-order valence-corrected chi connectivity index (χ3v) is 3.72. The Balaban J connectivity index is 2.22. The molecule has 4 N–H and O–H groups in total. The second-order valence-electron chi connectivity index (χ2n) is 5.83. The summed E-state index contributed by atoms with van der Waals surface area (Å²) in [7, 11) is 0. The molecule has 1 aliphatic carbocycles. The molecule has 0 bridgehead atoms. The summed E-state index contributed by atoms with van der Waals surface area (Å²) in [6, 6.07) is 3.52. The molecule has 0 aliphatic heterocycles. The topological polar surface area (TPSA) is 80.0 Å². The smallest absolute Gasteiger partial charge is 0.251 e. The Morgan fingerprint density at radius 1 is 1.42 bits per heavy atom. The van der Waals surface area contributed by atoms with E-state index in [0.717, 1.165) is 18.5 Å². The molecule has 1 amide bonds. The Labute approximate surface area is 114 Å². The highest BCUT2D eigenvalue weighted by molar-refractivity contribution is 5.95. The summed E-state index contributed by atoms with van der Waals surface area (Å²) in [4.78, 5) is 16.6. The SMILES string of the molecule is CC(C)c1cc(C(=O)NC2(C)CCC2)cc(NN)n1. The molecule has 19 heavy (non-hydrogen) atoms. The number of pyridine rings is 1. The number of carbonyl (C=O) groups excluding carboxylic acids is 1. The van der Waals surface area contributed by atoms with Gasteiger partial charge in [0.05, 0.1) is 0 Å². The molecular formula is C14H22N4O. The first kappa shape index (κ1) is 13.8. The summed E-state index contributed by atoms with van der Waals surface area (Å²) >= 11 is 0. The van der Waals surface area contributed by atoms with Gasteiger partial charge in [-0.2, -0.15) is 0 Å². The normalized spacial score (nSPS) is 16.9. The number of hydrazine groups is 1. The average Bonchev–Trinajstić information content (AvgIpc) is 2.36. The molecule has 1 aromatic rings. The van der Waals surface area contributed by atoms with Crippen molar-refractivity contribution in [3.8, 4) is 0 Å². The van der Waals surface area contributed by atoms with Crippen LogP contribution >= 0.6 is 0 Å². The predicted molar refractivity (Wildman–Crippen MR) is 75.9 cm³/mol. The van der Waals surface area contributed by atoms with Gasteiger partial charge in [0.1, 0.15) is 5.82 Å². The number of hydrogen-bond donors (Lipinski definition) is 3. The van der Waals surface area contributed by atoms with Gasteiger partial charge in [0.15, 0.2) is 0 Å². The molecule has 1 aliphatic rings. The molecule has 2 rings (SSSR count). The molecule has 0 aromatic carbocycles. The van der Waals surface area contributed by atoms with Crippen LogP contribution in [-0.4, -0.2) is 16.4 Å². The second kappa shape index (κ2) is 5.17.